The van der Waals surface area contributed by atoms with Crippen LogP contribution < -0.4 is 10.1 Å². The number of carbonyl (C=O) groups is 1. The lowest BCUT2D eigenvalue weighted by Crippen LogP contribution is -2.25. The third-order valence-corrected chi connectivity index (χ3v) is 5.73. The molecule has 3 aromatic carbocycles. The Balaban J connectivity index is 1.54. The van der Waals surface area contributed by atoms with Crippen LogP contribution in [0.15, 0.2) is 72.8 Å². The molecule has 0 fully saturated rings. The predicted molar refractivity (Wildman–Crippen MR) is 119 cm³/mol. The van der Waals surface area contributed by atoms with E-state index in [0.29, 0.717) is 18.1 Å². The summed E-state index contributed by atoms with van der Waals surface area (Å²) in [5.74, 6) is 0.580. The van der Waals surface area contributed by atoms with E-state index >= 15 is 0 Å². The molecule has 4 rings (SSSR count). The van der Waals surface area contributed by atoms with E-state index in [4.69, 9.17) is 21.1 Å². The molecule has 2 unspecified atom stereocenters. The number of fused-ring (bicyclic) bond motifs is 1. The van der Waals surface area contributed by atoms with Gasteiger partial charge in [-0.25, -0.2) is 0 Å². The summed E-state index contributed by atoms with van der Waals surface area (Å²) in [5, 5.41) is 4.30. The molecule has 0 radical (unpaired) electrons. The van der Waals surface area contributed by atoms with Gasteiger partial charge in [-0.3, -0.25) is 4.79 Å². The normalized spacial score (nSPS) is 17.1. The summed E-state index contributed by atoms with van der Waals surface area (Å²) >= 11 is 6.02. The van der Waals surface area contributed by atoms with Crippen molar-refractivity contribution in [2.24, 2.45) is 0 Å². The first kappa shape index (κ1) is 20.3. The van der Waals surface area contributed by atoms with Crippen molar-refractivity contribution in [1.29, 1.82) is 0 Å². The Hall–Kier alpha value is -2.98. The average molecular weight is 422 g/mol. The van der Waals surface area contributed by atoms with Gasteiger partial charge < -0.3 is 14.8 Å². The van der Waals surface area contributed by atoms with Gasteiger partial charge in [-0.1, -0.05) is 54.1 Å². The molecular formula is C25H24ClNO3. The van der Waals surface area contributed by atoms with E-state index in [2.05, 4.69) is 5.32 Å². The second-order valence-corrected chi connectivity index (χ2v) is 7.93. The maximum Gasteiger partial charge on any atom is 0.306 e. The smallest absolute Gasteiger partial charge is 0.306 e. The lowest BCUT2D eigenvalue weighted by Gasteiger charge is -2.20. The molecule has 0 aromatic heterocycles. The van der Waals surface area contributed by atoms with Gasteiger partial charge in [0.2, 0.25) is 0 Å². The Morgan fingerprint density at radius 2 is 1.77 bits per heavy atom. The van der Waals surface area contributed by atoms with Gasteiger partial charge in [-0.05, 0) is 53.4 Å². The van der Waals surface area contributed by atoms with Crippen molar-refractivity contribution in [3.05, 3.63) is 94.5 Å². The van der Waals surface area contributed by atoms with Crippen molar-refractivity contribution < 1.29 is 14.3 Å². The van der Waals surface area contributed by atoms with E-state index in [9.17, 15) is 4.79 Å². The first-order chi connectivity index (χ1) is 14.6. The van der Waals surface area contributed by atoms with Gasteiger partial charge in [0, 0.05) is 22.7 Å². The topological polar surface area (TPSA) is 47.6 Å². The molecule has 1 aliphatic heterocycles. The number of esters is 1. The molecule has 154 valence electrons. The highest BCUT2D eigenvalue weighted by molar-refractivity contribution is 6.30. The van der Waals surface area contributed by atoms with Crippen molar-refractivity contribution in [2.75, 3.05) is 12.4 Å². The van der Waals surface area contributed by atoms with Crippen LogP contribution in [-0.4, -0.2) is 19.1 Å². The van der Waals surface area contributed by atoms with Crippen LogP contribution in [0.25, 0.3) is 0 Å². The number of anilines is 1. The fourth-order valence-electron chi connectivity index (χ4n) is 3.91. The van der Waals surface area contributed by atoms with E-state index in [-0.39, 0.29) is 17.9 Å². The fraction of sp³-hybridized carbons (Fsp3) is 0.240. The number of ether oxygens (including phenoxy) is 2. The Morgan fingerprint density at radius 3 is 2.50 bits per heavy atom. The molecule has 0 aliphatic carbocycles. The van der Waals surface area contributed by atoms with Crippen LogP contribution in [0.1, 0.15) is 29.0 Å². The molecule has 3 aromatic rings. The van der Waals surface area contributed by atoms with Crippen LogP contribution in [0.5, 0.6) is 5.75 Å². The highest BCUT2D eigenvalue weighted by Crippen LogP contribution is 2.41. The zero-order valence-corrected chi connectivity index (χ0v) is 17.6. The third kappa shape index (κ3) is 4.77. The molecule has 1 heterocycles. The van der Waals surface area contributed by atoms with Crippen molar-refractivity contribution in [3.63, 3.8) is 0 Å². The fourth-order valence-corrected chi connectivity index (χ4v) is 4.04. The first-order valence-electron chi connectivity index (χ1n) is 10.0. The summed E-state index contributed by atoms with van der Waals surface area (Å²) in [6.45, 7) is 0.503. The number of carbonyl (C=O) groups excluding carboxylic acids is 1. The molecule has 30 heavy (non-hydrogen) atoms. The SMILES string of the molecule is COC(=O)CC1c2cc(OCc3ccccc3)ccc2NC1Cc1ccc(Cl)cc1. The molecule has 0 amide bonds. The van der Waals surface area contributed by atoms with Crippen LogP contribution in [-0.2, 0) is 22.6 Å². The molecule has 1 aliphatic rings. The standard InChI is InChI=1S/C25H24ClNO3/c1-29-25(28)15-22-21-14-20(30-16-18-5-3-2-4-6-18)11-12-23(21)27-24(22)13-17-7-9-19(26)10-8-17/h2-12,14,22,24,27H,13,15-16H2,1H3. The predicted octanol–water partition coefficient (Wildman–Crippen LogP) is 5.60. The zero-order chi connectivity index (χ0) is 20.9. The molecule has 0 bridgehead atoms. The maximum absolute atomic E-state index is 12.1. The van der Waals surface area contributed by atoms with E-state index in [1.54, 1.807) is 0 Å². The molecule has 2 atom stereocenters. The third-order valence-electron chi connectivity index (χ3n) is 5.48. The summed E-state index contributed by atoms with van der Waals surface area (Å²) in [6.07, 6.45) is 1.10. The minimum atomic E-state index is -0.216. The quantitative estimate of drug-likeness (QED) is 0.504. The molecule has 5 heteroatoms. The first-order valence-corrected chi connectivity index (χ1v) is 10.4. The number of nitrogens with one attached hydrogen (secondary N) is 1. The Bertz CT molecular complexity index is 1000. The monoisotopic (exact) mass is 421 g/mol. The van der Waals surface area contributed by atoms with E-state index in [0.717, 1.165) is 29.0 Å². The van der Waals surface area contributed by atoms with E-state index in [1.807, 2.05) is 72.8 Å². The molecular weight excluding hydrogens is 398 g/mol. The Morgan fingerprint density at radius 1 is 1.00 bits per heavy atom. The largest absolute Gasteiger partial charge is 0.489 e. The van der Waals surface area contributed by atoms with Crippen molar-refractivity contribution >= 4 is 23.3 Å². The maximum atomic E-state index is 12.1. The van der Waals surface area contributed by atoms with E-state index < -0.39 is 0 Å². The lowest BCUT2D eigenvalue weighted by molar-refractivity contribution is -0.141. The van der Waals surface area contributed by atoms with Crippen LogP contribution in [0.3, 0.4) is 0 Å². The van der Waals surface area contributed by atoms with Gasteiger partial charge in [0.25, 0.3) is 0 Å². The summed E-state index contributed by atoms with van der Waals surface area (Å²) in [4.78, 5) is 12.1. The highest BCUT2D eigenvalue weighted by Gasteiger charge is 2.34. The summed E-state index contributed by atoms with van der Waals surface area (Å²) in [5.41, 5.74) is 4.41. The molecule has 1 N–H and O–H groups in total. The second kappa shape index (κ2) is 9.23. The zero-order valence-electron chi connectivity index (χ0n) is 16.8. The van der Waals surface area contributed by atoms with Gasteiger partial charge in [-0.2, -0.15) is 0 Å². The van der Waals surface area contributed by atoms with Gasteiger partial charge in [-0.15, -0.1) is 0 Å². The van der Waals surface area contributed by atoms with Gasteiger partial charge in [0.1, 0.15) is 12.4 Å². The molecule has 4 nitrogen and oxygen atoms in total. The summed E-state index contributed by atoms with van der Waals surface area (Å²) in [6, 6.07) is 24.0. The molecule has 0 spiro atoms. The van der Waals surface area contributed by atoms with Crippen molar-refractivity contribution in [1.82, 2.24) is 0 Å². The average Bonchev–Trinajstić information content (AvgIpc) is 3.10. The van der Waals surface area contributed by atoms with E-state index in [1.165, 1.54) is 12.7 Å². The number of methoxy groups -OCH3 is 1. The number of hydrogen-bond acceptors (Lipinski definition) is 4. The van der Waals surface area contributed by atoms with Crippen molar-refractivity contribution in [3.8, 4) is 5.75 Å². The van der Waals surface area contributed by atoms with Crippen LogP contribution in [0.2, 0.25) is 5.02 Å². The van der Waals surface area contributed by atoms with Crippen LogP contribution in [0.4, 0.5) is 5.69 Å². The number of hydrogen-bond donors (Lipinski definition) is 1. The van der Waals surface area contributed by atoms with Gasteiger partial charge in [0.05, 0.1) is 13.5 Å². The number of rotatable bonds is 7. The Labute approximate surface area is 181 Å². The summed E-state index contributed by atoms with van der Waals surface area (Å²) < 4.78 is 11.0. The van der Waals surface area contributed by atoms with Gasteiger partial charge in [0.15, 0.2) is 0 Å². The van der Waals surface area contributed by atoms with Gasteiger partial charge >= 0.3 is 5.97 Å². The van der Waals surface area contributed by atoms with Crippen LogP contribution >= 0.6 is 11.6 Å². The Kier molecular flexibility index (Phi) is 6.24. The van der Waals surface area contributed by atoms with Crippen LogP contribution in [0, 0.1) is 0 Å². The highest BCUT2D eigenvalue weighted by atomic mass is 35.5. The lowest BCUT2D eigenvalue weighted by atomic mass is 9.88. The minimum absolute atomic E-state index is 0.00315. The minimum Gasteiger partial charge on any atom is -0.489 e. The summed E-state index contributed by atoms with van der Waals surface area (Å²) in [7, 11) is 1.43. The molecule has 0 saturated heterocycles. The molecule has 0 saturated carbocycles. The number of halogens is 1. The van der Waals surface area contributed by atoms with Crippen molar-refractivity contribution in [2.45, 2.75) is 31.4 Å². The number of benzene rings is 3. The second-order valence-electron chi connectivity index (χ2n) is 7.49.